The van der Waals surface area contributed by atoms with Crippen LogP contribution in [0.5, 0.6) is 0 Å². The number of carboxylic acid groups (broad SMARTS) is 1. The molecule has 0 radical (unpaired) electrons. The highest BCUT2D eigenvalue weighted by Crippen LogP contribution is 2.27. The van der Waals surface area contributed by atoms with Gasteiger partial charge in [0.2, 0.25) is 0 Å². The summed E-state index contributed by atoms with van der Waals surface area (Å²) in [5.41, 5.74) is 0. The molecule has 1 fully saturated rings. The molecule has 0 saturated heterocycles. The number of nitrogens with one attached hydrogen (secondary N) is 2. The molecular formula is C11H22N2O2. The van der Waals surface area contributed by atoms with Crippen LogP contribution in [0.3, 0.4) is 0 Å². The maximum Gasteiger partial charge on any atom is 0.404 e. The summed E-state index contributed by atoms with van der Waals surface area (Å²) in [5.74, 6) is 0.784. The summed E-state index contributed by atoms with van der Waals surface area (Å²) < 4.78 is 0. The highest BCUT2D eigenvalue weighted by molar-refractivity contribution is 5.64. The molecule has 0 aromatic rings. The van der Waals surface area contributed by atoms with Crippen LogP contribution in [0.15, 0.2) is 0 Å². The second-order valence-corrected chi connectivity index (χ2v) is 4.41. The molecule has 1 aliphatic carbocycles. The van der Waals surface area contributed by atoms with Gasteiger partial charge in [-0.2, -0.15) is 0 Å². The van der Waals surface area contributed by atoms with Crippen molar-refractivity contribution in [3.8, 4) is 0 Å². The second-order valence-electron chi connectivity index (χ2n) is 4.41. The van der Waals surface area contributed by atoms with Crippen molar-refractivity contribution in [2.24, 2.45) is 5.92 Å². The highest BCUT2D eigenvalue weighted by atomic mass is 16.4. The molecule has 15 heavy (non-hydrogen) atoms. The zero-order valence-electron chi connectivity index (χ0n) is 9.46. The molecule has 0 unspecified atom stereocenters. The SMILES string of the molecule is CN[C@@H](CNC(=O)O)CC1CCCCC1. The van der Waals surface area contributed by atoms with Crippen molar-refractivity contribution in [1.82, 2.24) is 10.6 Å². The predicted molar refractivity (Wildman–Crippen MR) is 60.1 cm³/mol. The van der Waals surface area contributed by atoms with E-state index in [4.69, 9.17) is 5.11 Å². The lowest BCUT2D eigenvalue weighted by Gasteiger charge is -2.26. The number of amides is 1. The Balaban J connectivity index is 2.22. The molecule has 0 spiro atoms. The van der Waals surface area contributed by atoms with Gasteiger partial charge in [-0.1, -0.05) is 32.1 Å². The quantitative estimate of drug-likeness (QED) is 0.654. The Morgan fingerprint density at radius 2 is 2.07 bits per heavy atom. The summed E-state index contributed by atoms with van der Waals surface area (Å²) >= 11 is 0. The van der Waals surface area contributed by atoms with E-state index in [1.165, 1.54) is 32.1 Å². The molecule has 0 aromatic heterocycles. The van der Waals surface area contributed by atoms with E-state index < -0.39 is 6.09 Å². The van der Waals surface area contributed by atoms with E-state index in [1.54, 1.807) is 0 Å². The maximum absolute atomic E-state index is 10.4. The number of carbonyl (C=O) groups is 1. The van der Waals surface area contributed by atoms with Crippen LogP contribution in [0, 0.1) is 5.92 Å². The van der Waals surface area contributed by atoms with Crippen molar-refractivity contribution in [3.63, 3.8) is 0 Å². The van der Waals surface area contributed by atoms with Crippen LogP contribution in [0.4, 0.5) is 4.79 Å². The minimum Gasteiger partial charge on any atom is -0.465 e. The summed E-state index contributed by atoms with van der Waals surface area (Å²) in [6.07, 6.45) is 6.83. The third kappa shape index (κ3) is 5.02. The zero-order valence-corrected chi connectivity index (χ0v) is 9.46. The maximum atomic E-state index is 10.4. The smallest absolute Gasteiger partial charge is 0.404 e. The first-order valence-corrected chi connectivity index (χ1v) is 5.86. The summed E-state index contributed by atoms with van der Waals surface area (Å²) in [5, 5.41) is 14.1. The number of rotatable bonds is 5. The lowest BCUT2D eigenvalue weighted by Crippen LogP contribution is -2.40. The molecule has 0 aliphatic heterocycles. The Hall–Kier alpha value is -0.770. The van der Waals surface area contributed by atoms with Gasteiger partial charge >= 0.3 is 6.09 Å². The molecule has 1 rings (SSSR count). The summed E-state index contributed by atoms with van der Waals surface area (Å²) in [6, 6.07) is 0.282. The van der Waals surface area contributed by atoms with Crippen LogP contribution in [-0.4, -0.2) is 30.8 Å². The average Bonchev–Trinajstić information content (AvgIpc) is 2.25. The van der Waals surface area contributed by atoms with Gasteiger partial charge in [-0.05, 0) is 19.4 Å². The lowest BCUT2D eigenvalue weighted by molar-refractivity contribution is 0.191. The van der Waals surface area contributed by atoms with Crippen LogP contribution in [-0.2, 0) is 0 Å². The van der Waals surface area contributed by atoms with Gasteiger partial charge in [-0.3, -0.25) is 0 Å². The number of hydrogen-bond acceptors (Lipinski definition) is 2. The Bertz CT molecular complexity index is 191. The highest BCUT2D eigenvalue weighted by Gasteiger charge is 2.18. The fraction of sp³-hybridized carbons (Fsp3) is 0.909. The van der Waals surface area contributed by atoms with E-state index in [9.17, 15) is 4.79 Å². The van der Waals surface area contributed by atoms with Gasteiger partial charge in [-0.25, -0.2) is 4.79 Å². The topological polar surface area (TPSA) is 61.4 Å². The third-order valence-corrected chi connectivity index (χ3v) is 3.25. The van der Waals surface area contributed by atoms with Gasteiger partial charge in [0, 0.05) is 12.6 Å². The Morgan fingerprint density at radius 1 is 1.40 bits per heavy atom. The van der Waals surface area contributed by atoms with Crippen LogP contribution in [0.2, 0.25) is 0 Å². The molecule has 0 bridgehead atoms. The fourth-order valence-corrected chi connectivity index (χ4v) is 2.34. The van der Waals surface area contributed by atoms with Crippen LogP contribution < -0.4 is 10.6 Å². The van der Waals surface area contributed by atoms with Crippen molar-refractivity contribution in [1.29, 1.82) is 0 Å². The Morgan fingerprint density at radius 3 is 2.60 bits per heavy atom. The monoisotopic (exact) mass is 214 g/mol. The summed E-state index contributed by atoms with van der Waals surface area (Å²) in [6.45, 7) is 0.516. The molecule has 1 saturated carbocycles. The molecule has 0 aromatic carbocycles. The van der Waals surface area contributed by atoms with Crippen molar-refractivity contribution in [2.45, 2.75) is 44.6 Å². The van der Waals surface area contributed by atoms with Crippen molar-refractivity contribution >= 4 is 6.09 Å². The van der Waals surface area contributed by atoms with Gasteiger partial charge in [0.25, 0.3) is 0 Å². The van der Waals surface area contributed by atoms with Crippen LogP contribution in [0.1, 0.15) is 38.5 Å². The first-order chi connectivity index (χ1) is 7.22. The van der Waals surface area contributed by atoms with Crippen LogP contribution in [0.25, 0.3) is 0 Å². The molecule has 4 heteroatoms. The molecule has 0 heterocycles. The Kier molecular flexibility index (Phi) is 5.47. The Labute approximate surface area is 91.4 Å². The molecule has 4 nitrogen and oxygen atoms in total. The van der Waals surface area contributed by atoms with E-state index >= 15 is 0 Å². The van der Waals surface area contributed by atoms with Crippen molar-refractivity contribution in [3.05, 3.63) is 0 Å². The minimum atomic E-state index is -0.932. The van der Waals surface area contributed by atoms with Gasteiger partial charge in [0.1, 0.15) is 0 Å². The molecule has 1 aliphatic rings. The minimum absolute atomic E-state index is 0.282. The third-order valence-electron chi connectivity index (χ3n) is 3.25. The standard InChI is InChI=1S/C11H22N2O2/c1-12-10(8-13-11(14)15)7-9-5-3-2-4-6-9/h9-10,12-13H,2-8H2,1H3,(H,14,15)/t10-/m1/s1. The van der Waals surface area contributed by atoms with Crippen molar-refractivity contribution in [2.75, 3.05) is 13.6 Å². The molecular weight excluding hydrogens is 192 g/mol. The first-order valence-electron chi connectivity index (χ1n) is 5.86. The lowest BCUT2D eigenvalue weighted by atomic mass is 9.85. The fourth-order valence-electron chi connectivity index (χ4n) is 2.34. The zero-order chi connectivity index (χ0) is 11.1. The second kappa shape index (κ2) is 6.67. The average molecular weight is 214 g/mol. The largest absolute Gasteiger partial charge is 0.465 e. The summed E-state index contributed by atoms with van der Waals surface area (Å²) in [7, 11) is 1.90. The van der Waals surface area contributed by atoms with Gasteiger partial charge < -0.3 is 15.7 Å². The number of likely N-dealkylation sites (N-methyl/N-ethyl adjacent to an activating group) is 1. The van der Waals surface area contributed by atoms with E-state index in [0.29, 0.717) is 6.54 Å². The number of hydrogen-bond donors (Lipinski definition) is 3. The van der Waals surface area contributed by atoms with Gasteiger partial charge in [-0.15, -0.1) is 0 Å². The van der Waals surface area contributed by atoms with E-state index in [0.717, 1.165) is 12.3 Å². The van der Waals surface area contributed by atoms with E-state index in [1.807, 2.05) is 7.05 Å². The van der Waals surface area contributed by atoms with E-state index in [-0.39, 0.29) is 6.04 Å². The molecule has 1 amide bonds. The van der Waals surface area contributed by atoms with Crippen LogP contribution >= 0.6 is 0 Å². The van der Waals surface area contributed by atoms with E-state index in [2.05, 4.69) is 10.6 Å². The summed E-state index contributed by atoms with van der Waals surface area (Å²) in [4.78, 5) is 10.4. The molecule has 1 atom stereocenters. The van der Waals surface area contributed by atoms with Crippen molar-refractivity contribution < 1.29 is 9.90 Å². The first kappa shape index (κ1) is 12.3. The molecule has 3 N–H and O–H groups in total. The predicted octanol–water partition coefficient (Wildman–Crippen LogP) is 1.81. The molecule has 88 valence electrons. The van der Waals surface area contributed by atoms with Gasteiger partial charge in [0.15, 0.2) is 0 Å². The van der Waals surface area contributed by atoms with Gasteiger partial charge in [0.05, 0.1) is 0 Å². The normalized spacial score (nSPS) is 19.8.